The van der Waals surface area contributed by atoms with Gasteiger partial charge in [-0.1, -0.05) is 47.6 Å². The second-order valence-electron chi connectivity index (χ2n) is 5.98. The Kier molecular flexibility index (Phi) is 7.12. The molecule has 0 atom stereocenters. The summed E-state index contributed by atoms with van der Waals surface area (Å²) in [6, 6.07) is 8.55. The summed E-state index contributed by atoms with van der Waals surface area (Å²) in [4.78, 5) is 11.7. The average molecular weight is 340 g/mol. The molecule has 0 bridgehead atoms. The van der Waals surface area contributed by atoms with Gasteiger partial charge in [0.1, 0.15) is 17.6 Å². The highest BCUT2D eigenvalue weighted by molar-refractivity contribution is 8.76. The predicted molar refractivity (Wildman–Crippen MR) is 96.5 cm³/mol. The van der Waals surface area contributed by atoms with Gasteiger partial charge in [-0.05, 0) is 36.8 Å². The molecule has 1 aliphatic rings. The van der Waals surface area contributed by atoms with E-state index in [1.165, 1.54) is 0 Å². The molecular weight excluding hydrogens is 314 g/mol. The van der Waals surface area contributed by atoms with Gasteiger partial charge in [-0.15, -0.1) is 0 Å². The predicted octanol–water partition coefficient (Wildman–Crippen LogP) is 3.92. The first-order chi connectivity index (χ1) is 10.6. The van der Waals surface area contributed by atoms with Gasteiger partial charge < -0.3 is 10.1 Å². The number of hydrogen-bond donors (Lipinski definition) is 1. The van der Waals surface area contributed by atoms with E-state index in [1.54, 1.807) is 10.8 Å². The smallest absolute Gasteiger partial charge is 0.139 e. The Hall–Kier alpha value is -0.650. The van der Waals surface area contributed by atoms with Gasteiger partial charge in [-0.3, -0.25) is 4.79 Å². The van der Waals surface area contributed by atoms with Crippen LogP contribution < -0.4 is 10.1 Å². The van der Waals surface area contributed by atoms with Gasteiger partial charge >= 0.3 is 0 Å². The lowest BCUT2D eigenvalue weighted by molar-refractivity contribution is -0.121. The quantitative estimate of drug-likeness (QED) is 0.419. The van der Waals surface area contributed by atoms with Crippen LogP contribution in [-0.4, -0.2) is 30.1 Å². The number of carbonyl (C=O) groups is 1. The Bertz CT molecular complexity index is 470. The highest BCUT2D eigenvalue weighted by atomic mass is 33.1. The number of nitrogens with one attached hydrogen (secondary N) is 1. The molecule has 5 heteroatoms. The van der Waals surface area contributed by atoms with Crippen molar-refractivity contribution in [2.45, 2.75) is 45.3 Å². The maximum atomic E-state index is 11.7. The Morgan fingerprint density at radius 3 is 2.59 bits per heavy atom. The summed E-state index contributed by atoms with van der Waals surface area (Å²) in [5.74, 6) is 2.28. The third-order valence-corrected chi connectivity index (χ3v) is 5.47. The molecule has 0 heterocycles. The Labute approximate surface area is 141 Å². The van der Waals surface area contributed by atoms with E-state index in [1.807, 2.05) is 48.9 Å². The molecule has 0 radical (unpaired) electrons. The van der Waals surface area contributed by atoms with Gasteiger partial charge in [0.2, 0.25) is 0 Å². The normalized spacial score (nSPS) is 20.7. The third kappa shape index (κ3) is 5.52. The van der Waals surface area contributed by atoms with Crippen LogP contribution in [0.2, 0.25) is 0 Å². The minimum absolute atomic E-state index is 0.0969. The standard InChI is InChI=1S/C17H25NO2S2/c1-12(2)17(19)8-13-4-6-15(7-5-13)20-16-9-14(10-16)18-11-22-21-3/h4-7,12,14,16,18H,8-11H2,1-3H3/t14-,16+. The molecule has 0 aliphatic heterocycles. The van der Waals surface area contributed by atoms with Gasteiger partial charge in [0.25, 0.3) is 0 Å². The summed E-state index contributed by atoms with van der Waals surface area (Å²) in [6.07, 6.45) is 5.07. The van der Waals surface area contributed by atoms with Crippen molar-refractivity contribution in [3.8, 4) is 5.75 Å². The number of hydrogen-bond acceptors (Lipinski definition) is 5. The molecule has 1 aromatic carbocycles. The van der Waals surface area contributed by atoms with Gasteiger partial charge in [0.15, 0.2) is 0 Å². The zero-order chi connectivity index (χ0) is 15.9. The van der Waals surface area contributed by atoms with Crippen LogP contribution in [0.5, 0.6) is 5.75 Å². The fraction of sp³-hybridized carbons (Fsp3) is 0.588. The average Bonchev–Trinajstić information content (AvgIpc) is 2.46. The lowest BCUT2D eigenvalue weighted by Gasteiger charge is -2.35. The molecule has 0 amide bonds. The van der Waals surface area contributed by atoms with Crippen LogP contribution in [0.3, 0.4) is 0 Å². The lowest BCUT2D eigenvalue weighted by Crippen LogP contribution is -2.46. The largest absolute Gasteiger partial charge is 0.490 e. The van der Waals surface area contributed by atoms with E-state index in [4.69, 9.17) is 4.74 Å². The second-order valence-corrected chi connectivity index (χ2v) is 8.55. The number of ether oxygens (including phenoxy) is 1. The zero-order valence-electron chi connectivity index (χ0n) is 13.5. The van der Waals surface area contributed by atoms with Crippen LogP contribution in [0.4, 0.5) is 0 Å². The Balaban J connectivity index is 1.70. The Morgan fingerprint density at radius 1 is 1.32 bits per heavy atom. The molecule has 3 nitrogen and oxygen atoms in total. The van der Waals surface area contributed by atoms with E-state index >= 15 is 0 Å². The summed E-state index contributed by atoms with van der Waals surface area (Å²) in [7, 11) is 3.62. The first kappa shape index (κ1) is 17.7. The monoisotopic (exact) mass is 339 g/mol. The highest BCUT2D eigenvalue weighted by Gasteiger charge is 2.30. The maximum Gasteiger partial charge on any atom is 0.139 e. The van der Waals surface area contributed by atoms with E-state index in [9.17, 15) is 4.79 Å². The molecule has 0 unspecified atom stereocenters. The fourth-order valence-electron chi connectivity index (χ4n) is 2.32. The molecule has 122 valence electrons. The van der Waals surface area contributed by atoms with Gasteiger partial charge in [-0.25, -0.2) is 0 Å². The molecule has 1 N–H and O–H groups in total. The summed E-state index contributed by atoms with van der Waals surface area (Å²) >= 11 is 0. The van der Waals surface area contributed by atoms with E-state index in [2.05, 4.69) is 11.6 Å². The number of carbonyl (C=O) groups excluding carboxylic acids is 1. The van der Waals surface area contributed by atoms with Crippen LogP contribution >= 0.6 is 21.6 Å². The number of benzene rings is 1. The van der Waals surface area contributed by atoms with Crippen molar-refractivity contribution >= 4 is 27.4 Å². The molecule has 0 aromatic heterocycles. The van der Waals surface area contributed by atoms with Crippen LogP contribution in [0.15, 0.2) is 24.3 Å². The van der Waals surface area contributed by atoms with Crippen LogP contribution in [-0.2, 0) is 11.2 Å². The topological polar surface area (TPSA) is 38.3 Å². The van der Waals surface area contributed by atoms with Gasteiger partial charge in [-0.2, -0.15) is 0 Å². The maximum absolute atomic E-state index is 11.7. The van der Waals surface area contributed by atoms with Crippen LogP contribution in [0, 0.1) is 5.92 Å². The second kappa shape index (κ2) is 8.85. The summed E-state index contributed by atoms with van der Waals surface area (Å²) in [5.41, 5.74) is 1.06. The van der Waals surface area contributed by atoms with E-state index in [0.717, 1.165) is 30.0 Å². The highest BCUT2D eigenvalue weighted by Crippen LogP contribution is 2.27. The van der Waals surface area contributed by atoms with Crippen molar-refractivity contribution < 1.29 is 9.53 Å². The van der Waals surface area contributed by atoms with Crippen LogP contribution in [0.1, 0.15) is 32.3 Å². The van der Waals surface area contributed by atoms with Crippen molar-refractivity contribution in [2.75, 3.05) is 12.1 Å². The van der Waals surface area contributed by atoms with Crippen molar-refractivity contribution in [1.29, 1.82) is 0 Å². The lowest BCUT2D eigenvalue weighted by atomic mass is 9.89. The van der Waals surface area contributed by atoms with Crippen molar-refractivity contribution in [1.82, 2.24) is 5.32 Å². The zero-order valence-corrected chi connectivity index (χ0v) is 15.1. The first-order valence-electron chi connectivity index (χ1n) is 7.75. The molecule has 2 rings (SSSR count). The van der Waals surface area contributed by atoms with Crippen molar-refractivity contribution in [3.05, 3.63) is 29.8 Å². The van der Waals surface area contributed by atoms with Crippen molar-refractivity contribution in [2.24, 2.45) is 5.92 Å². The van der Waals surface area contributed by atoms with E-state index in [-0.39, 0.29) is 11.7 Å². The minimum atomic E-state index is 0.0969. The third-order valence-electron chi connectivity index (χ3n) is 3.89. The molecule has 1 aliphatic carbocycles. The molecule has 0 saturated heterocycles. The number of rotatable bonds is 9. The Morgan fingerprint density at radius 2 is 2.00 bits per heavy atom. The van der Waals surface area contributed by atoms with Gasteiger partial charge in [0, 0.05) is 18.4 Å². The molecular formula is C17H25NO2S2. The summed E-state index contributed by atoms with van der Waals surface area (Å²) < 4.78 is 5.96. The molecule has 0 spiro atoms. The minimum Gasteiger partial charge on any atom is -0.490 e. The van der Waals surface area contributed by atoms with Gasteiger partial charge in [0.05, 0.1) is 5.88 Å². The first-order valence-corrected chi connectivity index (χ1v) is 10.5. The van der Waals surface area contributed by atoms with E-state index in [0.29, 0.717) is 18.6 Å². The fourth-order valence-corrected chi connectivity index (χ4v) is 3.30. The number of Topliss-reactive ketones (excluding diaryl/α,β-unsaturated/α-hetero) is 1. The molecule has 1 aromatic rings. The summed E-state index contributed by atoms with van der Waals surface area (Å²) in [5, 5.41) is 3.50. The number of ketones is 1. The molecule has 22 heavy (non-hydrogen) atoms. The SMILES string of the molecule is CSSCN[C@H]1C[C@@H](Oc2ccc(CC(=O)C(C)C)cc2)C1. The summed E-state index contributed by atoms with van der Waals surface area (Å²) in [6.45, 7) is 3.89. The van der Waals surface area contributed by atoms with Crippen LogP contribution in [0.25, 0.3) is 0 Å². The molecule has 1 saturated carbocycles. The molecule has 1 fully saturated rings. The van der Waals surface area contributed by atoms with E-state index < -0.39 is 0 Å². The van der Waals surface area contributed by atoms with Crippen molar-refractivity contribution in [3.63, 3.8) is 0 Å².